The van der Waals surface area contributed by atoms with Crippen LogP contribution in [0.4, 0.5) is 0 Å². The highest BCUT2D eigenvalue weighted by Gasteiger charge is 2.55. The van der Waals surface area contributed by atoms with Crippen molar-refractivity contribution in [2.24, 2.45) is 0 Å². The zero-order valence-electron chi connectivity index (χ0n) is 14.2. The highest BCUT2D eigenvalue weighted by atomic mass is 16.8. The molecule has 0 amide bonds. The third-order valence-corrected chi connectivity index (χ3v) is 4.91. The normalized spacial score (nSPS) is 33.0. The molecule has 0 aliphatic carbocycles. The number of hydrogen-bond acceptors (Lipinski definition) is 4. The fourth-order valence-corrected chi connectivity index (χ4v) is 3.58. The van der Waals surface area contributed by atoms with E-state index in [1.807, 2.05) is 18.2 Å². The molecule has 1 aromatic rings. The minimum atomic E-state index is -0.554. The van der Waals surface area contributed by atoms with Gasteiger partial charge in [0.1, 0.15) is 12.2 Å². The molecule has 4 heteroatoms. The van der Waals surface area contributed by atoms with Crippen molar-refractivity contribution in [2.45, 2.75) is 69.7 Å². The summed E-state index contributed by atoms with van der Waals surface area (Å²) in [6, 6.07) is 10.2. The van der Waals surface area contributed by atoms with Crippen LogP contribution in [-0.4, -0.2) is 37.8 Å². The third kappa shape index (κ3) is 3.77. The fourth-order valence-electron chi connectivity index (χ4n) is 3.58. The Hall–Kier alpha value is -0.940. The molecule has 2 aliphatic heterocycles. The van der Waals surface area contributed by atoms with Gasteiger partial charge in [-0.3, -0.25) is 0 Å². The summed E-state index contributed by atoms with van der Waals surface area (Å²) in [6.45, 7) is 3.41. The average molecular weight is 320 g/mol. The molecule has 128 valence electrons. The van der Waals surface area contributed by atoms with Gasteiger partial charge in [-0.1, -0.05) is 50.1 Å². The smallest absolute Gasteiger partial charge is 0.195 e. The first kappa shape index (κ1) is 16.9. The molecule has 2 heterocycles. The lowest BCUT2D eigenvalue weighted by molar-refractivity contribution is -0.277. The second kappa shape index (κ2) is 7.75. The third-order valence-electron chi connectivity index (χ3n) is 4.91. The molecule has 2 fully saturated rings. The van der Waals surface area contributed by atoms with Gasteiger partial charge < -0.3 is 18.9 Å². The Labute approximate surface area is 139 Å². The van der Waals surface area contributed by atoms with E-state index in [4.69, 9.17) is 18.9 Å². The molecular formula is C19H28O4. The van der Waals surface area contributed by atoms with E-state index in [1.165, 1.54) is 18.4 Å². The van der Waals surface area contributed by atoms with E-state index in [9.17, 15) is 0 Å². The van der Waals surface area contributed by atoms with E-state index < -0.39 is 5.79 Å². The number of hydrogen-bond donors (Lipinski definition) is 0. The lowest BCUT2D eigenvalue weighted by Gasteiger charge is -2.41. The molecule has 0 spiro atoms. The van der Waals surface area contributed by atoms with Gasteiger partial charge in [0, 0.05) is 20.0 Å². The van der Waals surface area contributed by atoms with Crippen molar-refractivity contribution in [3.8, 4) is 0 Å². The minimum Gasteiger partial charge on any atom is -0.376 e. The summed E-state index contributed by atoms with van der Waals surface area (Å²) < 4.78 is 24.2. The van der Waals surface area contributed by atoms with Crippen molar-refractivity contribution in [1.82, 2.24) is 0 Å². The molecule has 3 rings (SSSR count). The Morgan fingerprint density at radius 2 is 2.04 bits per heavy atom. The zero-order valence-corrected chi connectivity index (χ0v) is 14.2. The first-order valence-electron chi connectivity index (χ1n) is 8.77. The van der Waals surface area contributed by atoms with E-state index in [0.717, 1.165) is 19.3 Å². The zero-order chi connectivity index (χ0) is 16.1. The van der Waals surface area contributed by atoms with Crippen LogP contribution in [0.15, 0.2) is 30.3 Å². The van der Waals surface area contributed by atoms with Crippen LogP contribution >= 0.6 is 0 Å². The summed E-state index contributed by atoms with van der Waals surface area (Å²) in [5.41, 5.74) is 1.18. The molecule has 0 N–H and O–H groups in total. The predicted octanol–water partition coefficient (Wildman–Crippen LogP) is 3.68. The molecule has 4 atom stereocenters. The Morgan fingerprint density at radius 1 is 1.22 bits per heavy atom. The largest absolute Gasteiger partial charge is 0.376 e. The van der Waals surface area contributed by atoms with Crippen LogP contribution in [0.5, 0.6) is 0 Å². The van der Waals surface area contributed by atoms with Crippen molar-refractivity contribution in [2.75, 3.05) is 13.7 Å². The van der Waals surface area contributed by atoms with E-state index in [2.05, 4.69) is 19.1 Å². The molecule has 4 nitrogen and oxygen atoms in total. The number of benzene rings is 1. The Kier molecular flexibility index (Phi) is 5.70. The maximum Gasteiger partial charge on any atom is 0.195 e. The van der Waals surface area contributed by atoms with Crippen LogP contribution in [0.1, 0.15) is 44.6 Å². The van der Waals surface area contributed by atoms with Crippen LogP contribution in [0.25, 0.3) is 0 Å². The van der Waals surface area contributed by atoms with E-state index in [0.29, 0.717) is 13.2 Å². The van der Waals surface area contributed by atoms with Gasteiger partial charge in [-0.25, -0.2) is 0 Å². The van der Waals surface area contributed by atoms with Crippen molar-refractivity contribution < 1.29 is 18.9 Å². The van der Waals surface area contributed by atoms with E-state index in [1.54, 1.807) is 7.11 Å². The molecular weight excluding hydrogens is 292 g/mol. The summed E-state index contributed by atoms with van der Waals surface area (Å²) >= 11 is 0. The van der Waals surface area contributed by atoms with Crippen molar-refractivity contribution in [1.29, 1.82) is 0 Å². The van der Waals surface area contributed by atoms with Crippen LogP contribution in [-0.2, 0) is 25.6 Å². The van der Waals surface area contributed by atoms with E-state index >= 15 is 0 Å². The Bertz CT molecular complexity index is 478. The van der Waals surface area contributed by atoms with Gasteiger partial charge >= 0.3 is 0 Å². The second-order valence-electron chi connectivity index (χ2n) is 6.53. The van der Waals surface area contributed by atoms with Crippen molar-refractivity contribution >= 4 is 0 Å². The molecule has 0 saturated carbocycles. The number of ether oxygens (including phenoxy) is 4. The summed E-state index contributed by atoms with van der Waals surface area (Å²) in [7, 11) is 1.74. The van der Waals surface area contributed by atoms with Crippen LogP contribution in [0, 0.1) is 0 Å². The average Bonchev–Trinajstić information content (AvgIpc) is 2.96. The number of rotatable bonds is 8. The Morgan fingerprint density at radius 3 is 2.78 bits per heavy atom. The van der Waals surface area contributed by atoms with Crippen LogP contribution in [0.3, 0.4) is 0 Å². The van der Waals surface area contributed by atoms with Crippen LogP contribution in [0.2, 0.25) is 0 Å². The topological polar surface area (TPSA) is 36.9 Å². The summed E-state index contributed by atoms with van der Waals surface area (Å²) in [5.74, 6) is -0.554. The van der Waals surface area contributed by atoms with Gasteiger partial charge in [0.25, 0.3) is 0 Å². The quantitative estimate of drug-likeness (QED) is 0.685. The molecule has 0 aromatic heterocycles. The molecule has 23 heavy (non-hydrogen) atoms. The summed E-state index contributed by atoms with van der Waals surface area (Å²) in [4.78, 5) is 0. The predicted molar refractivity (Wildman–Crippen MR) is 88.1 cm³/mol. The van der Waals surface area contributed by atoms with Crippen molar-refractivity contribution in [3.63, 3.8) is 0 Å². The van der Waals surface area contributed by atoms with Gasteiger partial charge in [-0.2, -0.15) is 0 Å². The van der Waals surface area contributed by atoms with Gasteiger partial charge in [0.2, 0.25) is 0 Å². The molecule has 2 saturated heterocycles. The second-order valence-corrected chi connectivity index (χ2v) is 6.53. The maximum atomic E-state index is 6.26. The molecule has 2 aliphatic rings. The maximum absolute atomic E-state index is 6.26. The highest BCUT2D eigenvalue weighted by Crippen LogP contribution is 2.42. The SMILES string of the molecule is CCCCC[C@@]12OC[C@@H](O1)[C@@H](OCc1ccccc1)C[C@H]2OC. The monoisotopic (exact) mass is 320 g/mol. The summed E-state index contributed by atoms with van der Waals surface area (Å²) in [6.07, 6.45) is 5.23. The number of methoxy groups -OCH3 is 1. The van der Waals surface area contributed by atoms with Gasteiger partial charge in [0.05, 0.1) is 19.3 Å². The summed E-state index contributed by atoms with van der Waals surface area (Å²) in [5, 5.41) is 0. The fraction of sp³-hybridized carbons (Fsp3) is 0.684. The molecule has 0 unspecified atom stereocenters. The standard InChI is InChI=1S/C19H28O4/c1-3-4-8-11-19-18(20-2)12-16(17(23-19)14-22-19)21-13-15-9-6-5-7-10-15/h5-7,9-10,16-18H,3-4,8,11-14H2,1-2H3/t16-,17+,18+,19+/m0/s1. The first-order chi connectivity index (χ1) is 11.3. The van der Waals surface area contributed by atoms with Gasteiger partial charge in [-0.15, -0.1) is 0 Å². The Balaban J connectivity index is 1.59. The molecule has 0 radical (unpaired) electrons. The lowest BCUT2D eigenvalue weighted by atomic mass is 9.93. The number of fused-ring (bicyclic) bond motifs is 2. The first-order valence-corrected chi connectivity index (χ1v) is 8.77. The number of unbranched alkanes of at least 4 members (excludes halogenated alkanes) is 2. The van der Waals surface area contributed by atoms with Crippen LogP contribution < -0.4 is 0 Å². The minimum absolute atomic E-state index is 0.0201. The highest BCUT2D eigenvalue weighted by molar-refractivity contribution is 5.13. The van der Waals surface area contributed by atoms with Gasteiger partial charge in [0.15, 0.2) is 5.79 Å². The molecule has 1 aromatic carbocycles. The molecule has 2 bridgehead atoms. The van der Waals surface area contributed by atoms with E-state index in [-0.39, 0.29) is 18.3 Å². The van der Waals surface area contributed by atoms with Gasteiger partial charge in [-0.05, 0) is 12.0 Å². The van der Waals surface area contributed by atoms with Crippen molar-refractivity contribution in [3.05, 3.63) is 35.9 Å². The lowest BCUT2D eigenvalue weighted by Crippen LogP contribution is -2.52.